The highest BCUT2D eigenvalue weighted by atomic mass is 35.5. The predicted molar refractivity (Wildman–Crippen MR) is 111 cm³/mol. The number of aliphatic hydroxyl groups is 1. The van der Waals surface area contributed by atoms with Crippen LogP contribution in [-0.4, -0.2) is 62.9 Å². The molecule has 28 heavy (non-hydrogen) atoms. The van der Waals surface area contributed by atoms with Crippen LogP contribution in [0.15, 0.2) is 36.4 Å². The molecule has 2 amide bonds. The summed E-state index contributed by atoms with van der Waals surface area (Å²) in [5.41, 5.74) is 1.73. The zero-order valence-corrected chi connectivity index (χ0v) is 17.0. The molecule has 0 saturated carbocycles. The van der Waals surface area contributed by atoms with Crippen LogP contribution in [0.4, 0.5) is 11.4 Å². The first-order chi connectivity index (χ1) is 13.4. The van der Waals surface area contributed by atoms with Crippen LogP contribution in [0.2, 0.25) is 4.34 Å². The Morgan fingerprint density at radius 3 is 2.75 bits per heavy atom. The molecule has 9 heteroatoms. The van der Waals surface area contributed by atoms with Crippen molar-refractivity contribution in [3.05, 3.63) is 45.6 Å². The number of halogens is 1. The third-order valence-corrected chi connectivity index (χ3v) is 5.60. The van der Waals surface area contributed by atoms with Gasteiger partial charge in [-0.25, -0.2) is 0 Å². The Labute approximate surface area is 172 Å². The number of ether oxygens (including phenoxy) is 1. The fourth-order valence-corrected chi connectivity index (χ4v) is 3.86. The molecule has 0 spiro atoms. The van der Waals surface area contributed by atoms with Crippen molar-refractivity contribution in [2.45, 2.75) is 6.10 Å². The first kappa shape index (κ1) is 20.6. The monoisotopic (exact) mass is 423 g/mol. The van der Waals surface area contributed by atoms with Crippen LogP contribution in [0.3, 0.4) is 0 Å². The Kier molecular flexibility index (Phi) is 6.90. The van der Waals surface area contributed by atoms with Gasteiger partial charge in [0.1, 0.15) is 6.61 Å². The van der Waals surface area contributed by atoms with Gasteiger partial charge in [-0.1, -0.05) is 11.6 Å². The van der Waals surface area contributed by atoms with Crippen LogP contribution in [0.5, 0.6) is 0 Å². The molecule has 0 bridgehead atoms. The number of hydrogen-bond donors (Lipinski definition) is 2. The van der Waals surface area contributed by atoms with Crippen molar-refractivity contribution >= 4 is 46.1 Å². The molecule has 2 N–H and O–H groups in total. The Hall–Kier alpha value is -2.13. The Balaban J connectivity index is 1.50. The van der Waals surface area contributed by atoms with E-state index >= 15 is 0 Å². The SMILES string of the molecule is CN(C[C@@H](O)CNC(=O)c1ccc(Cl)s1)c1ccc(N2CCOCC2=O)cc1. The summed E-state index contributed by atoms with van der Waals surface area (Å²) in [6, 6.07) is 10.9. The molecule has 0 unspecified atom stereocenters. The number of hydrogen-bond acceptors (Lipinski definition) is 6. The number of carbonyl (C=O) groups excluding carboxylic acids is 2. The molecule has 1 fully saturated rings. The highest BCUT2D eigenvalue weighted by Crippen LogP contribution is 2.22. The quantitative estimate of drug-likeness (QED) is 0.711. The number of benzene rings is 1. The number of rotatable bonds is 7. The first-order valence-electron chi connectivity index (χ1n) is 8.85. The summed E-state index contributed by atoms with van der Waals surface area (Å²) in [4.78, 5) is 28.0. The van der Waals surface area contributed by atoms with Crippen LogP contribution in [0, 0.1) is 0 Å². The third kappa shape index (κ3) is 5.23. The number of nitrogens with one attached hydrogen (secondary N) is 1. The molecular weight excluding hydrogens is 402 g/mol. The molecule has 1 saturated heterocycles. The summed E-state index contributed by atoms with van der Waals surface area (Å²) in [6.07, 6.45) is -0.732. The van der Waals surface area contributed by atoms with Crippen LogP contribution < -0.4 is 15.1 Å². The fraction of sp³-hybridized carbons (Fsp3) is 0.368. The number of aliphatic hydroxyl groups excluding tert-OH is 1. The number of likely N-dealkylation sites (N-methyl/N-ethyl adjacent to an activating group) is 1. The molecular formula is C19H22ClN3O4S. The number of amides is 2. The zero-order valence-electron chi connectivity index (χ0n) is 15.4. The lowest BCUT2D eigenvalue weighted by atomic mass is 10.2. The number of carbonyl (C=O) groups is 2. The van der Waals surface area contributed by atoms with Crippen LogP contribution in [-0.2, 0) is 9.53 Å². The van der Waals surface area contributed by atoms with Gasteiger partial charge in [0.2, 0.25) is 0 Å². The summed E-state index contributed by atoms with van der Waals surface area (Å²) in [5.74, 6) is -0.302. The minimum atomic E-state index is -0.732. The zero-order chi connectivity index (χ0) is 20.1. The second-order valence-corrected chi connectivity index (χ2v) is 8.18. The van der Waals surface area contributed by atoms with Crippen molar-refractivity contribution in [1.29, 1.82) is 0 Å². The molecule has 150 valence electrons. The molecule has 1 atom stereocenters. The number of thiophene rings is 1. The van der Waals surface area contributed by atoms with E-state index in [1.54, 1.807) is 17.0 Å². The molecule has 3 rings (SSSR count). The average Bonchev–Trinajstić information content (AvgIpc) is 3.13. The van der Waals surface area contributed by atoms with Crippen LogP contribution in [0.25, 0.3) is 0 Å². The maximum Gasteiger partial charge on any atom is 0.261 e. The van der Waals surface area contributed by atoms with Gasteiger partial charge < -0.3 is 25.0 Å². The van der Waals surface area contributed by atoms with Gasteiger partial charge in [-0.2, -0.15) is 0 Å². The second-order valence-electron chi connectivity index (χ2n) is 6.46. The van der Waals surface area contributed by atoms with Gasteiger partial charge in [0.15, 0.2) is 0 Å². The lowest BCUT2D eigenvalue weighted by Crippen LogP contribution is -2.41. The van der Waals surface area contributed by atoms with Gasteiger partial charge in [-0.05, 0) is 36.4 Å². The van der Waals surface area contributed by atoms with Crippen LogP contribution in [0.1, 0.15) is 9.67 Å². The van der Waals surface area contributed by atoms with E-state index in [-0.39, 0.29) is 25.0 Å². The van der Waals surface area contributed by atoms with Gasteiger partial charge >= 0.3 is 0 Å². The van der Waals surface area contributed by atoms with E-state index in [0.717, 1.165) is 11.4 Å². The van der Waals surface area contributed by atoms with Crippen molar-refractivity contribution in [2.75, 3.05) is 49.7 Å². The van der Waals surface area contributed by atoms with Gasteiger partial charge in [0.05, 0.1) is 21.9 Å². The van der Waals surface area contributed by atoms with E-state index in [4.69, 9.17) is 16.3 Å². The lowest BCUT2D eigenvalue weighted by Gasteiger charge is -2.28. The maximum atomic E-state index is 12.0. The normalized spacial score (nSPS) is 15.4. The molecule has 1 aliphatic rings. The highest BCUT2D eigenvalue weighted by Gasteiger charge is 2.20. The van der Waals surface area contributed by atoms with Crippen molar-refractivity contribution in [3.63, 3.8) is 0 Å². The van der Waals surface area contributed by atoms with E-state index in [2.05, 4.69) is 5.32 Å². The average molecular weight is 424 g/mol. The fourth-order valence-electron chi connectivity index (χ4n) is 2.90. The molecule has 7 nitrogen and oxygen atoms in total. The van der Waals surface area contributed by atoms with Crippen molar-refractivity contribution in [1.82, 2.24) is 5.32 Å². The summed E-state index contributed by atoms with van der Waals surface area (Å²) in [7, 11) is 1.86. The minimum Gasteiger partial charge on any atom is -0.389 e. The summed E-state index contributed by atoms with van der Waals surface area (Å²) in [6.45, 7) is 1.67. The van der Waals surface area contributed by atoms with Gasteiger partial charge in [0.25, 0.3) is 11.8 Å². The second kappa shape index (κ2) is 9.38. The molecule has 0 radical (unpaired) electrons. The standard InChI is InChI=1S/C19H22ClN3O4S/c1-22(11-15(24)10-21-19(26)16-6-7-17(20)28-16)13-2-4-14(5-3-13)23-8-9-27-12-18(23)25/h2-7,15,24H,8-12H2,1H3,(H,21,26)/t15-/m0/s1. The third-order valence-electron chi connectivity index (χ3n) is 4.37. The summed E-state index contributed by atoms with van der Waals surface area (Å²) in [5, 5.41) is 12.9. The molecule has 1 aromatic heterocycles. The summed E-state index contributed by atoms with van der Waals surface area (Å²) < 4.78 is 5.69. The molecule has 1 aliphatic heterocycles. The van der Waals surface area contributed by atoms with Gasteiger partial charge in [-0.3, -0.25) is 9.59 Å². The minimum absolute atomic E-state index is 0.0504. The first-order valence-corrected chi connectivity index (χ1v) is 10.0. The topological polar surface area (TPSA) is 82.1 Å². The van der Waals surface area contributed by atoms with Crippen LogP contribution >= 0.6 is 22.9 Å². The highest BCUT2D eigenvalue weighted by molar-refractivity contribution is 7.17. The Morgan fingerprint density at radius 2 is 2.11 bits per heavy atom. The molecule has 2 aromatic rings. The summed E-state index contributed by atoms with van der Waals surface area (Å²) >= 11 is 7.02. The van der Waals surface area contributed by atoms with Crippen molar-refractivity contribution < 1.29 is 19.4 Å². The van der Waals surface area contributed by atoms with Gasteiger partial charge in [0, 0.05) is 38.1 Å². The van der Waals surface area contributed by atoms with E-state index in [1.165, 1.54) is 11.3 Å². The molecule has 0 aliphatic carbocycles. The Morgan fingerprint density at radius 1 is 1.36 bits per heavy atom. The van der Waals surface area contributed by atoms with E-state index < -0.39 is 6.10 Å². The molecule has 2 heterocycles. The van der Waals surface area contributed by atoms with Gasteiger partial charge in [-0.15, -0.1) is 11.3 Å². The van der Waals surface area contributed by atoms with E-state index in [9.17, 15) is 14.7 Å². The van der Waals surface area contributed by atoms with E-state index in [1.807, 2.05) is 36.2 Å². The van der Waals surface area contributed by atoms with Crippen molar-refractivity contribution in [2.24, 2.45) is 0 Å². The predicted octanol–water partition coefficient (Wildman–Crippen LogP) is 1.99. The smallest absolute Gasteiger partial charge is 0.261 e. The number of anilines is 2. The van der Waals surface area contributed by atoms with E-state index in [0.29, 0.717) is 28.9 Å². The number of morpholine rings is 1. The van der Waals surface area contributed by atoms with Crippen molar-refractivity contribution in [3.8, 4) is 0 Å². The Bertz CT molecular complexity index is 827. The maximum absolute atomic E-state index is 12.0. The largest absolute Gasteiger partial charge is 0.389 e. The number of nitrogens with zero attached hydrogens (tertiary/aromatic N) is 2. The molecule has 1 aromatic carbocycles. The lowest BCUT2D eigenvalue weighted by molar-refractivity contribution is -0.125.